The van der Waals surface area contributed by atoms with E-state index in [-0.39, 0.29) is 11.1 Å². The van der Waals surface area contributed by atoms with Gasteiger partial charge in [-0.15, -0.1) is 13.2 Å². The van der Waals surface area contributed by atoms with Gasteiger partial charge in [0.15, 0.2) is 0 Å². The highest BCUT2D eigenvalue weighted by atomic mass is 19.4. The highest BCUT2D eigenvalue weighted by Crippen LogP contribution is 2.31. The maximum Gasteiger partial charge on any atom is 0.573 e. The van der Waals surface area contributed by atoms with Crippen LogP contribution in [0.2, 0.25) is 0 Å². The first-order valence-corrected chi connectivity index (χ1v) is 5.49. The number of rotatable bonds is 3. The number of pyridine rings is 1. The summed E-state index contributed by atoms with van der Waals surface area (Å²) in [6.45, 7) is -0.405. The number of benzene rings is 1. The molecule has 1 heterocycles. The largest absolute Gasteiger partial charge is 0.573 e. The smallest absolute Gasteiger partial charge is 0.406 e. The van der Waals surface area contributed by atoms with Gasteiger partial charge in [0.05, 0.1) is 12.8 Å². The molecule has 0 aliphatic heterocycles. The van der Waals surface area contributed by atoms with Gasteiger partial charge in [0.2, 0.25) is 0 Å². The van der Waals surface area contributed by atoms with E-state index >= 15 is 0 Å². The molecule has 20 heavy (non-hydrogen) atoms. The molecule has 0 saturated heterocycles. The quantitative estimate of drug-likeness (QED) is 0.881. The zero-order valence-corrected chi connectivity index (χ0v) is 9.99. The van der Waals surface area contributed by atoms with Crippen LogP contribution in [0.5, 0.6) is 5.75 Å². The van der Waals surface area contributed by atoms with Crippen LogP contribution in [0, 0.1) is 5.82 Å². The molecule has 7 heteroatoms. The standard InChI is InChI=1S/C13H9F4NO2/c14-10-3-9(5-18-6-10)12-4-11(20-13(15,16)17)2-1-8(12)7-19/h1-6,19H,7H2. The van der Waals surface area contributed by atoms with E-state index in [4.69, 9.17) is 0 Å². The third kappa shape index (κ3) is 3.45. The van der Waals surface area contributed by atoms with E-state index in [9.17, 15) is 22.7 Å². The average molecular weight is 287 g/mol. The van der Waals surface area contributed by atoms with Crippen molar-refractivity contribution in [2.24, 2.45) is 0 Å². The number of ether oxygens (including phenoxy) is 1. The molecule has 0 spiro atoms. The summed E-state index contributed by atoms with van der Waals surface area (Å²) in [6.07, 6.45) is -2.56. The number of halogens is 4. The van der Waals surface area contributed by atoms with Gasteiger partial charge in [0.25, 0.3) is 0 Å². The summed E-state index contributed by atoms with van der Waals surface area (Å²) in [5.74, 6) is -1.08. The molecule has 0 fully saturated rings. The number of nitrogens with zero attached hydrogens (tertiary/aromatic N) is 1. The Hall–Kier alpha value is -2.15. The molecule has 106 valence electrons. The highest BCUT2D eigenvalue weighted by Gasteiger charge is 2.31. The maximum atomic E-state index is 13.1. The van der Waals surface area contributed by atoms with Crippen molar-refractivity contribution >= 4 is 0 Å². The van der Waals surface area contributed by atoms with Crippen LogP contribution in [0.25, 0.3) is 11.1 Å². The molecule has 1 aromatic heterocycles. The van der Waals surface area contributed by atoms with Crippen molar-refractivity contribution in [3.8, 4) is 16.9 Å². The van der Waals surface area contributed by atoms with Crippen molar-refractivity contribution in [1.29, 1.82) is 0 Å². The lowest BCUT2D eigenvalue weighted by atomic mass is 10.0. The van der Waals surface area contributed by atoms with Crippen molar-refractivity contribution in [2.45, 2.75) is 13.0 Å². The van der Waals surface area contributed by atoms with Crippen LogP contribution in [-0.4, -0.2) is 16.5 Å². The monoisotopic (exact) mass is 287 g/mol. The Bertz CT molecular complexity index is 614. The fraction of sp³-hybridized carbons (Fsp3) is 0.154. The first-order valence-electron chi connectivity index (χ1n) is 5.49. The van der Waals surface area contributed by atoms with Gasteiger partial charge >= 0.3 is 6.36 Å². The molecule has 1 aromatic carbocycles. The van der Waals surface area contributed by atoms with Gasteiger partial charge in [-0.2, -0.15) is 0 Å². The van der Waals surface area contributed by atoms with Crippen LogP contribution < -0.4 is 4.74 Å². The lowest BCUT2D eigenvalue weighted by Gasteiger charge is -2.13. The van der Waals surface area contributed by atoms with Gasteiger partial charge in [-0.25, -0.2) is 4.39 Å². The minimum absolute atomic E-state index is 0.223. The van der Waals surface area contributed by atoms with Gasteiger partial charge in [-0.1, -0.05) is 6.07 Å². The minimum atomic E-state index is -4.82. The maximum absolute atomic E-state index is 13.1. The topological polar surface area (TPSA) is 42.4 Å². The van der Waals surface area contributed by atoms with E-state index < -0.39 is 24.5 Å². The highest BCUT2D eigenvalue weighted by molar-refractivity contribution is 5.68. The van der Waals surface area contributed by atoms with E-state index in [0.717, 1.165) is 24.4 Å². The molecular formula is C13H9F4NO2. The van der Waals surface area contributed by atoms with Gasteiger partial charge in [-0.3, -0.25) is 4.98 Å². The van der Waals surface area contributed by atoms with Crippen LogP contribution in [0.3, 0.4) is 0 Å². The number of aromatic nitrogens is 1. The van der Waals surface area contributed by atoms with Crippen LogP contribution in [-0.2, 0) is 6.61 Å². The summed E-state index contributed by atoms with van der Waals surface area (Å²) in [6, 6.07) is 4.55. The fourth-order valence-corrected chi connectivity index (χ4v) is 1.72. The summed E-state index contributed by atoms with van der Waals surface area (Å²) < 4.78 is 53.5. The Labute approximate surface area is 111 Å². The number of alkyl halides is 3. The lowest BCUT2D eigenvalue weighted by molar-refractivity contribution is -0.274. The van der Waals surface area contributed by atoms with E-state index in [0.29, 0.717) is 5.56 Å². The number of aliphatic hydroxyl groups excluding tert-OH is 1. The lowest BCUT2D eigenvalue weighted by Crippen LogP contribution is -2.17. The third-order valence-corrected chi connectivity index (χ3v) is 2.50. The summed E-state index contributed by atoms with van der Waals surface area (Å²) >= 11 is 0. The number of hydrogen-bond donors (Lipinski definition) is 1. The average Bonchev–Trinajstić information content (AvgIpc) is 2.37. The van der Waals surface area contributed by atoms with Crippen LogP contribution in [0.4, 0.5) is 17.6 Å². The summed E-state index contributed by atoms with van der Waals surface area (Å²) in [4.78, 5) is 3.62. The van der Waals surface area contributed by atoms with Crippen LogP contribution in [0.1, 0.15) is 5.56 Å². The van der Waals surface area contributed by atoms with Gasteiger partial charge < -0.3 is 9.84 Å². The van der Waals surface area contributed by atoms with E-state index in [1.807, 2.05) is 0 Å². The zero-order chi connectivity index (χ0) is 14.8. The second kappa shape index (κ2) is 5.46. The van der Waals surface area contributed by atoms with Crippen molar-refractivity contribution in [1.82, 2.24) is 4.98 Å². The second-order valence-electron chi connectivity index (χ2n) is 3.92. The molecule has 1 N–H and O–H groups in total. The van der Waals surface area contributed by atoms with E-state index in [2.05, 4.69) is 9.72 Å². The number of aliphatic hydroxyl groups is 1. The van der Waals surface area contributed by atoms with Crippen molar-refractivity contribution in [2.75, 3.05) is 0 Å². The normalized spacial score (nSPS) is 11.4. The van der Waals surface area contributed by atoms with Gasteiger partial charge in [-0.05, 0) is 29.3 Å². The third-order valence-electron chi connectivity index (χ3n) is 2.50. The Kier molecular flexibility index (Phi) is 3.89. The molecule has 2 aromatic rings. The molecule has 0 bridgehead atoms. The predicted molar refractivity (Wildman–Crippen MR) is 62.2 cm³/mol. The Morgan fingerprint density at radius 1 is 1.15 bits per heavy atom. The SMILES string of the molecule is OCc1ccc(OC(F)(F)F)cc1-c1cncc(F)c1. The van der Waals surface area contributed by atoms with E-state index in [1.165, 1.54) is 12.3 Å². The summed E-state index contributed by atoms with van der Waals surface area (Å²) in [5, 5.41) is 9.20. The van der Waals surface area contributed by atoms with Crippen molar-refractivity contribution < 1.29 is 27.4 Å². The molecular weight excluding hydrogens is 278 g/mol. The Morgan fingerprint density at radius 2 is 1.90 bits per heavy atom. The van der Waals surface area contributed by atoms with E-state index in [1.54, 1.807) is 0 Å². The fourth-order valence-electron chi connectivity index (χ4n) is 1.72. The van der Waals surface area contributed by atoms with Gasteiger partial charge in [0, 0.05) is 11.8 Å². The van der Waals surface area contributed by atoms with Gasteiger partial charge in [0.1, 0.15) is 11.6 Å². The molecule has 0 atom stereocenters. The predicted octanol–water partition coefficient (Wildman–Crippen LogP) is 3.28. The van der Waals surface area contributed by atoms with Crippen LogP contribution in [0.15, 0.2) is 36.7 Å². The second-order valence-corrected chi connectivity index (χ2v) is 3.92. The first kappa shape index (κ1) is 14.3. The van der Waals surface area contributed by atoms with Crippen molar-refractivity contribution in [3.05, 3.63) is 48.0 Å². The van der Waals surface area contributed by atoms with Crippen LogP contribution >= 0.6 is 0 Å². The first-order chi connectivity index (χ1) is 9.39. The Balaban J connectivity index is 2.47. The summed E-state index contributed by atoms with van der Waals surface area (Å²) in [5.41, 5.74) is 0.815. The molecule has 0 aliphatic rings. The molecule has 0 saturated carbocycles. The molecule has 0 amide bonds. The summed E-state index contributed by atoms with van der Waals surface area (Å²) in [7, 11) is 0. The number of hydrogen-bond acceptors (Lipinski definition) is 3. The molecule has 0 unspecified atom stereocenters. The zero-order valence-electron chi connectivity index (χ0n) is 9.99. The molecule has 3 nitrogen and oxygen atoms in total. The molecule has 0 aliphatic carbocycles. The van der Waals surface area contributed by atoms with Crippen molar-refractivity contribution in [3.63, 3.8) is 0 Å². The Morgan fingerprint density at radius 3 is 2.50 bits per heavy atom. The molecule has 0 radical (unpaired) electrons. The minimum Gasteiger partial charge on any atom is -0.406 e. The molecule has 2 rings (SSSR count).